The van der Waals surface area contributed by atoms with Crippen molar-refractivity contribution in [1.29, 1.82) is 0 Å². The van der Waals surface area contributed by atoms with Crippen molar-refractivity contribution in [2.45, 2.75) is 0 Å². The van der Waals surface area contributed by atoms with E-state index in [1.807, 2.05) is 0 Å². The fourth-order valence-electron chi connectivity index (χ4n) is 10.2. The minimum atomic E-state index is 1.12. The van der Waals surface area contributed by atoms with Crippen molar-refractivity contribution in [2.75, 3.05) is 0 Å². The van der Waals surface area contributed by atoms with Crippen molar-refractivity contribution < 1.29 is 0 Å². The fraction of sp³-hybridized carbons (Fsp3) is 0. The molecule has 3 aromatic heterocycles. The summed E-state index contributed by atoms with van der Waals surface area (Å²) in [6, 6.07) is 86.5. The lowest BCUT2D eigenvalue weighted by Gasteiger charge is -2.15. The molecular weight excluding hydrogens is 763 g/mol. The lowest BCUT2D eigenvalue weighted by Crippen LogP contribution is -1.98. The molecule has 0 amide bonds. The number of aromatic nitrogens is 3. The maximum absolute atomic E-state index is 2.47. The molecule has 294 valence electrons. The maximum atomic E-state index is 2.47. The third kappa shape index (κ3) is 5.53. The Labute approximate surface area is 364 Å². The van der Waals surface area contributed by atoms with Crippen molar-refractivity contribution in [3.63, 3.8) is 0 Å². The highest BCUT2D eigenvalue weighted by atomic mass is 15.0. The normalized spacial score (nSPS) is 11.8. The van der Waals surface area contributed by atoms with Crippen LogP contribution in [0.4, 0.5) is 0 Å². The summed E-state index contributed by atoms with van der Waals surface area (Å²) in [6.45, 7) is 0. The standard InChI is InChI=1S/C60H39N3/c1-3-17-40(18-4-1)42-21-15-22-43(35-42)45-36-44(41-19-5-2-6-20-41)37-47(38-45)62-53-27-11-7-25-50(53)51-34-33-46(39-59(51)62)61-56-30-14-10-26-52(56)60-57(61)31-16-32-58(60)63-54-28-12-8-23-48(54)49-24-9-13-29-55(49)63/h1-39H. The van der Waals surface area contributed by atoms with Gasteiger partial charge in [-0.2, -0.15) is 0 Å². The highest BCUT2D eigenvalue weighted by molar-refractivity contribution is 6.17. The molecule has 3 heteroatoms. The van der Waals surface area contributed by atoms with Gasteiger partial charge < -0.3 is 13.7 Å². The van der Waals surface area contributed by atoms with Crippen molar-refractivity contribution in [3.8, 4) is 50.4 Å². The lowest BCUT2D eigenvalue weighted by molar-refractivity contribution is 1.15. The number of benzene rings is 10. The second kappa shape index (κ2) is 14.1. The van der Waals surface area contributed by atoms with Crippen LogP contribution in [0.2, 0.25) is 0 Å². The van der Waals surface area contributed by atoms with Crippen LogP contribution in [-0.2, 0) is 0 Å². The van der Waals surface area contributed by atoms with Gasteiger partial charge in [-0.3, -0.25) is 0 Å². The molecule has 0 aliphatic rings. The third-order valence-electron chi connectivity index (χ3n) is 13.0. The van der Waals surface area contributed by atoms with Crippen LogP contribution in [0.3, 0.4) is 0 Å². The molecule has 0 saturated carbocycles. The Balaban J connectivity index is 1.06. The van der Waals surface area contributed by atoms with Gasteiger partial charge in [0.2, 0.25) is 0 Å². The molecule has 3 nitrogen and oxygen atoms in total. The minimum absolute atomic E-state index is 1.12. The molecular formula is C60H39N3. The molecule has 0 bridgehead atoms. The van der Waals surface area contributed by atoms with Crippen LogP contribution in [-0.4, -0.2) is 13.7 Å². The zero-order valence-electron chi connectivity index (χ0n) is 34.4. The zero-order valence-corrected chi connectivity index (χ0v) is 34.4. The van der Waals surface area contributed by atoms with Gasteiger partial charge >= 0.3 is 0 Å². The van der Waals surface area contributed by atoms with Crippen molar-refractivity contribution in [3.05, 3.63) is 237 Å². The number of nitrogens with zero attached hydrogens (tertiary/aromatic N) is 3. The summed E-state index contributed by atoms with van der Waals surface area (Å²) < 4.78 is 7.39. The number of hydrogen-bond acceptors (Lipinski definition) is 0. The Morgan fingerprint density at radius 1 is 0.206 bits per heavy atom. The van der Waals surface area contributed by atoms with E-state index >= 15 is 0 Å². The maximum Gasteiger partial charge on any atom is 0.0562 e. The van der Waals surface area contributed by atoms with E-state index in [0.717, 1.165) is 16.9 Å². The molecule has 0 N–H and O–H groups in total. The van der Waals surface area contributed by atoms with Crippen LogP contribution >= 0.6 is 0 Å². The van der Waals surface area contributed by atoms with E-state index in [0.29, 0.717) is 0 Å². The summed E-state index contributed by atoms with van der Waals surface area (Å²) in [7, 11) is 0. The van der Waals surface area contributed by atoms with Crippen molar-refractivity contribution in [2.24, 2.45) is 0 Å². The second-order valence-corrected chi connectivity index (χ2v) is 16.5. The average molecular weight is 802 g/mol. The third-order valence-corrected chi connectivity index (χ3v) is 13.0. The van der Waals surface area contributed by atoms with E-state index in [4.69, 9.17) is 0 Å². The number of fused-ring (bicyclic) bond motifs is 9. The molecule has 0 atom stereocenters. The van der Waals surface area contributed by atoms with Gasteiger partial charge in [-0.25, -0.2) is 0 Å². The Hall–Kier alpha value is -8.40. The Morgan fingerprint density at radius 2 is 0.619 bits per heavy atom. The number of hydrogen-bond donors (Lipinski definition) is 0. The van der Waals surface area contributed by atoms with Gasteiger partial charge in [-0.1, -0.05) is 164 Å². The largest absolute Gasteiger partial charge is 0.309 e. The molecule has 0 aliphatic heterocycles. The minimum Gasteiger partial charge on any atom is -0.309 e. The molecule has 0 aliphatic carbocycles. The highest BCUT2D eigenvalue weighted by Crippen LogP contribution is 2.42. The van der Waals surface area contributed by atoms with E-state index < -0.39 is 0 Å². The van der Waals surface area contributed by atoms with E-state index in [1.54, 1.807) is 0 Å². The van der Waals surface area contributed by atoms with Crippen LogP contribution in [0.5, 0.6) is 0 Å². The van der Waals surface area contributed by atoms with Gasteiger partial charge in [-0.15, -0.1) is 0 Å². The summed E-state index contributed by atoms with van der Waals surface area (Å²) in [5.41, 5.74) is 17.6. The van der Waals surface area contributed by atoms with Gasteiger partial charge in [-0.05, 0) is 106 Å². The number of rotatable bonds is 6. The summed E-state index contributed by atoms with van der Waals surface area (Å²) in [5.74, 6) is 0. The Morgan fingerprint density at radius 3 is 1.25 bits per heavy atom. The molecule has 13 rings (SSSR count). The quantitative estimate of drug-likeness (QED) is 0.159. The van der Waals surface area contributed by atoms with Gasteiger partial charge in [0.15, 0.2) is 0 Å². The average Bonchev–Trinajstić information content (AvgIpc) is 4.00. The second-order valence-electron chi connectivity index (χ2n) is 16.5. The zero-order chi connectivity index (χ0) is 41.4. The predicted octanol–water partition coefficient (Wildman–Crippen LogP) is 16.0. The monoisotopic (exact) mass is 801 g/mol. The molecule has 0 spiro atoms. The van der Waals surface area contributed by atoms with Gasteiger partial charge in [0.05, 0.1) is 38.8 Å². The van der Waals surface area contributed by atoms with Crippen molar-refractivity contribution >= 4 is 65.4 Å². The molecule has 0 radical (unpaired) electrons. The SMILES string of the molecule is c1ccc(-c2cccc(-c3cc(-c4ccccc4)cc(-n4c5ccccc5c5ccc(-n6c7ccccc7c7c(-n8c9ccccc9c9ccccc98)cccc76)cc54)c3)c2)cc1. The first-order valence-electron chi connectivity index (χ1n) is 21.7. The van der Waals surface area contributed by atoms with Gasteiger partial charge in [0.1, 0.15) is 0 Å². The number of para-hydroxylation sites is 4. The lowest BCUT2D eigenvalue weighted by atomic mass is 9.95. The summed E-state index contributed by atoms with van der Waals surface area (Å²) in [4.78, 5) is 0. The van der Waals surface area contributed by atoms with Crippen LogP contribution in [0.1, 0.15) is 0 Å². The topological polar surface area (TPSA) is 14.8 Å². The first kappa shape index (κ1) is 35.4. The van der Waals surface area contributed by atoms with Gasteiger partial charge in [0, 0.05) is 43.7 Å². The molecule has 0 unspecified atom stereocenters. The summed E-state index contributed by atoms with van der Waals surface area (Å²) in [6.07, 6.45) is 0. The summed E-state index contributed by atoms with van der Waals surface area (Å²) in [5, 5.41) is 7.43. The van der Waals surface area contributed by atoms with E-state index in [-0.39, 0.29) is 0 Å². The Bertz CT molecular complexity index is 3850. The molecule has 3 heterocycles. The Kier molecular flexibility index (Phi) is 7.91. The van der Waals surface area contributed by atoms with Crippen LogP contribution in [0.25, 0.3) is 116 Å². The molecule has 10 aromatic carbocycles. The summed E-state index contributed by atoms with van der Waals surface area (Å²) >= 11 is 0. The van der Waals surface area contributed by atoms with Crippen LogP contribution < -0.4 is 0 Å². The molecule has 63 heavy (non-hydrogen) atoms. The van der Waals surface area contributed by atoms with E-state index in [9.17, 15) is 0 Å². The van der Waals surface area contributed by atoms with Crippen LogP contribution in [0.15, 0.2) is 237 Å². The van der Waals surface area contributed by atoms with E-state index in [1.165, 1.54) is 99.0 Å². The first-order valence-corrected chi connectivity index (χ1v) is 21.7. The first-order chi connectivity index (χ1) is 31.3. The molecule has 13 aromatic rings. The molecule has 0 fully saturated rings. The smallest absolute Gasteiger partial charge is 0.0562 e. The highest BCUT2D eigenvalue weighted by Gasteiger charge is 2.21. The van der Waals surface area contributed by atoms with Crippen molar-refractivity contribution in [1.82, 2.24) is 13.7 Å². The van der Waals surface area contributed by atoms with Gasteiger partial charge in [0.25, 0.3) is 0 Å². The molecule has 0 saturated heterocycles. The van der Waals surface area contributed by atoms with E-state index in [2.05, 4.69) is 250 Å². The fourth-order valence-corrected chi connectivity index (χ4v) is 10.2. The van der Waals surface area contributed by atoms with Crippen LogP contribution in [0, 0.1) is 0 Å². The predicted molar refractivity (Wildman–Crippen MR) is 266 cm³/mol.